The zero-order valence-corrected chi connectivity index (χ0v) is 13.8. The summed E-state index contributed by atoms with van der Waals surface area (Å²) in [5, 5.41) is 0. The first-order valence-electron chi connectivity index (χ1n) is 6.71. The Morgan fingerprint density at radius 1 is 1.26 bits per heavy atom. The normalized spacial score (nSPS) is 13.4. The van der Waals surface area contributed by atoms with Crippen LogP contribution in [0.1, 0.15) is 19.8 Å². The van der Waals surface area contributed by atoms with E-state index in [-0.39, 0.29) is 11.3 Å². The van der Waals surface area contributed by atoms with E-state index in [0.29, 0.717) is 12.7 Å². The van der Waals surface area contributed by atoms with Crippen LogP contribution in [0, 0.1) is 0 Å². The van der Waals surface area contributed by atoms with Crippen molar-refractivity contribution in [3.05, 3.63) is 24.3 Å². The second-order valence-corrected chi connectivity index (χ2v) is 6.70. The van der Waals surface area contributed by atoms with Gasteiger partial charge in [0.25, 0.3) is 0 Å². The van der Waals surface area contributed by atoms with Gasteiger partial charge in [0, 0.05) is 6.42 Å². The molecule has 1 atom stereocenters. The topological polar surface area (TPSA) is 81.7 Å². The van der Waals surface area contributed by atoms with Crippen molar-refractivity contribution in [3.8, 4) is 5.75 Å². The van der Waals surface area contributed by atoms with Crippen molar-refractivity contribution in [2.45, 2.75) is 36.6 Å². The Kier molecular flexibility index (Phi) is 6.46. The van der Waals surface area contributed by atoms with Crippen LogP contribution in [0.2, 0.25) is 0 Å². The molecule has 0 fully saturated rings. The maximum Gasteiger partial charge on any atom is 0.323 e. The van der Waals surface area contributed by atoms with E-state index in [0.717, 1.165) is 7.11 Å². The SMILES string of the molecule is COC(=O)[C@H](CCC(C)(F)F)NS(=O)(=O)c1ccc(OC)cc1. The van der Waals surface area contributed by atoms with Crippen molar-refractivity contribution < 1.29 is 31.5 Å². The number of alkyl halides is 2. The lowest BCUT2D eigenvalue weighted by atomic mass is 10.1. The van der Waals surface area contributed by atoms with Crippen LogP contribution in [0.5, 0.6) is 5.75 Å². The first kappa shape index (κ1) is 19.3. The van der Waals surface area contributed by atoms with Gasteiger partial charge in [0.2, 0.25) is 15.9 Å². The molecular weight excluding hydrogens is 332 g/mol. The average molecular weight is 351 g/mol. The number of hydrogen-bond donors (Lipinski definition) is 1. The molecule has 1 N–H and O–H groups in total. The van der Waals surface area contributed by atoms with E-state index in [1.807, 2.05) is 0 Å². The average Bonchev–Trinajstić information content (AvgIpc) is 2.49. The van der Waals surface area contributed by atoms with Gasteiger partial charge in [-0.1, -0.05) is 0 Å². The number of hydrogen-bond acceptors (Lipinski definition) is 5. The molecule has 1 aromatic rings. The molecular formula is C14H19F2NO5S. The number of carbonyl (C=O) groups is 1. The summed E-state index contributed by atoms with van der Waals surface area (Å²) in [7, 11) is -1.57. The molecule has 9 heteroatoms. The predicted octanol–water partition coefficient (Wildman–Crippen LogP) is 1.95. The zero-order chi connectivity index (χ0) is 17.7. The van der Waals surface area contributed by atoms with Crippen molar-refractivity contribution in [1.82, 2.24) is 4.72 Å². The summed E-state index contributed by atoms with van der Waals surface area (Å²) < 4.78 is 61.9. The van der Waals surface area contributed by atoms with Gasteiger partial charge in [0.05, 0.1) is 19.1 Å². The summed E-state index contributed by atoms with van der Waals surface area (Å²) in [5.74, 6) is -3.48. The molecule has 0 aromatic heterocycles. The first-order valence-corrected chi connectivity index (χ1v) is 8.19. The summed E-state index contributed by atoms with van der Waals surface area (Å²) in [6, 6.07) is 4.04. The number of benzene rings is 1. The molecule has 0 bridgehead atoms. The fraction of sp³-hybridized carbons (Fsp3) is 0.500. The number of esters is 1. The minimum absolute atomic E-state index is 0.115. The molecule has 0 aliphatic rings. The third-order valence-electron chi connectivity index (χ3n) is 3.02. The van der Waals surface area contributed by atoms with Gasteiger partial charge >= 0.3 is 5.97 Å². The summed E-state index contributed by atoms with van der Waals surface area (Å²) >= 11 is 0. The molecule has 0 spiro atoms. The highest BCUT2D eigenvalue weighted by atomic mass is 32.2. The van der Waals surface area contributed by atoms with Gasteiger partial charge in [0.1, 0.15) is 11.8 Å². The van der Waals surface area contributed by atoms with Crippen molar-refractivity contribution in [3.63, 3.8) is 0 Å². The molecule has 0 aliphatic heterocycles. The van der Waals surface area contributed by atoms with Gasteiger partial charge < -0.3 is 9.47 Å². The first-order chi connectivity index (χ1) is 10.6. The van der Waals surface area contributed by atoms with Crippen molar-refractivity contribution in [2.24, 2.45) is 0 Å². The predicted molar refractivity (Wildman–Crippen MR) is 79.0 cm³/mol. The van der Waals surface area contributed by atoms with Crippen LogP contribution in [0.25, 0.3) is 0 Å². The summed E-state index contributed by atoms with van der Waals surface area (Å²) in [5.41, 5.74) is 0. The van der Waals surface area contributed by atoms with Crippen LogP contribution in [0.4, 0.5) is 8.78 Å². The number of halogens is 2. The number of ether oxygens (including phenoxy) is 2. The molecule has 0 saturated carbocycles. The fourth-order valence-electron chi connectivity index (χ4n) is 1.78. The summed E-state index contributed by atoms with van der Waals surface area (Å²) in [4.78, 5) is 11.5. The second-order valence-electron chi connectivity index (χ2n) is 4.98. The highest BCUT2D eigenvalue weighted by molar-refractivity contribution is 7.89. The molecule has 6 nitrogen and oxygen atoms in total. The number of nitrogens with one attached hydrogen (secondary N) is 1. The van der Waals surface area contributed by atoms with Gasteiger partial charge in [-0.2, -0.15) is 4.72 Å². The highest BCUT2D eigenvalue weighted by Gasteiger charge is 2.30. The van der Waals surface area contributed by atoms with Crippen LogP contribution >= 0.6 is 0 Å². The Labute approximate surface area is 133 Å². The van der Waals surface area contributed by atoms with Crippen molar-refractivity contribution in [1.29, 1.82) is 0 Å². The Balaban J connectivity index is 2.93. The van der Waals surface area contributed by atoms with E-state index in [9.17, 15) is 22.0 Å². The Bertz CT molecular complexity index is 626. The zero-order valence-electron chi connectivity index (χ0n) is 13.0. The highest BCUT2D eigenvalue weighted by Crippen LogP contribution is 2.21. The third-order valence-corrected chi connectivity index (χ3v) is 4.51. The summed E-state index contributed by atoms with van der Waals surface area (Å²) in [6.45, 7) is 0.694. The number of carbonyl (C=O) groups excluding carboxylic acids is 1. The van der Waals surface area contributed by atoms with Crippen molar-refractivity contribution in [2.75, 3.05) is 14.2 Å². The lowest BCUT2D eigenvalue weighted by molar-refractivity contribution is -0.143. The molecule has 0 radical (unpaired) electrons. The second kappa shape index (κ2) is 7.69. The smallest absolute Gasteiger partial charge is 0.323 e. The van der Waals surface area contributed by atoms with E-state index in [1.165, 1.54) is 31.4 Å². The Hall–Kier alpha value is -1.74. The monoisotopic (exact) mass is 351 g/mol. The molecule has 23 heavy (non-hydrogen) atoms. The van der Waals surface area contributed by atoms with Crippen LogP contribution in [0.15, 0.2) is 29.2 Å². The van der Waals surface area contributed by atoms with Crippen LogP contribution < -0.4 is 9.46 Å². The van der Waals surface area contributed by atoms with Gasteiger partial charge in [-0.25, -0.2) is 17.2 Å². The van der Waals surface area contributed by atoms with E-state index in [2.05, 4.69) is 9.46 Å². The van der Waals surface area contributed by atoms with E-state index in [1.54, 1.807) is 0 Å². The molecule has 0 amide bonds. The Morgan fingerprint density at radius 3 is 2.26 bits per heavy atom. The molecule has 0 aliphatic carbocycles. The molecule has 130 valence electrons. The molecule has 1 rings (SSSR count). The standard InChI is InChI=1S/C14H19F2NO5S/c1-14(15,16)9-8-12(13(18)22-3)17-23(19,20)11-6-4-10(21-2)5-7-11/h4-7,12,17H,8-9H2,1-3H3/t12-/m0/s1. The van der Waals surface area contributed by atoms with Crippen molar-refractivity contribution >= 4 is 16.0 Å². The number of rotatable bonds is 8. The molecule has 1 aromatic carbocycles. The molecule has 0 heterocycles. The third kappa shape index (κ3) is 6.11. The largest absolute Gasteiger partial charge is 0.497 e. The van der Waals surface area contributed by atoms with Crippen LogP contribution in [-0.4, -0.2) is 40.6 Å². The van der Waals surface area contributed by atoms with Gasteiger partial charge in [0.15, 0.2) is 0 Å². The minimum Gasteiger partial charge on any atom is -0.497 e. The maximum absolute atomic E-state index is 12.9. The minimum atomic E-state index is -4.06. The van der Waals surface area contributed by atoms with E-state index < -0.39 is 34.4 Å². The Morgan fingerprint density at radius 2 is 1.83 bits per heavy atom. The maximum atomic E-state index is 12.9. The molecule has 0 unspecified atom stereocenters. The van der Waals surface area contributed by atoms with E-state index >= 15 is 0 Å². The lowest BCUT2D eigenvalue weighted by Gasteiger charge is -2.18. The van der Waals surface area contributed by atoms with Gasteiger partial charge in [-0.05, 0) is 37.6 Å². The van der Waals surface area contributed by atoms with Crippen LogP contribution in [0.3, 0.4) is 0 Å². The summed E-state index contributed by atoms with van der Waals surface area (Å²) in [6.07, 6.45) is -1.04. The van der Waals surface area contributed by atoms with Crippen LogP contribution in [-0.2, 0) is 19.6 Å². The van der Waals surface area contributed by atoms with E-state index in [4.69, 9.17) is 4.74 Å². The number of sulfonamides is 1. The molecule has 0 saturated heterocycles. The fourth-order valence-corrected chi connectivity index (χ4v) is 2.99. The van der Waals surface area contributed by atoms with Gasteiger partial charge in [-0.3, -0.25) is 4.79 Å². The lowest BCUT2D eigenvalue weighted by Crippen LogP contribution is -2.42. The number of methoxy groups -OCH3 is 2. The quantitative estimate of drug-likeness (QED) is 0.724. The van der Waals surface area contributed by atoms with Gasteiger partial charge in [-0.15, -0.1) is 0 Å².